The lowest BCUT2D eigenvalue weighted by molar-refractivity contribution is 0.517. The number of nitrogen functional groups attached to an aromatic ring is 1. The van der Waals surface area contributed by atoms with Gasteiger partial charge in [-0.25, -0.2) is 4.98 Å². The molecule has 0 amide bonds. The summed E-state index contributed by atoms with van der Waals surface area (Å²) in [6, 6.07) is 6.82. The van der Waals surface area contributed by atoms with Crippen molar-refractivity contribution in [1.29, 1.82) is 0 Å². The summed E-state index contributed by atoms with van der Waals surface area (Å²) in [5, 5.41) is 0. The Morgan fingerprint density at radius 3 is 3.12 bits per heavy atom. The Bertz CT molecular complexity index is 541. The maximum atomic E-state index is 6.10. The maximum Gasteiger partial charge on any atom is 0.201 e. The van der Waals surface area contributed by atoms with Gasteiger partial charge in [-0.05, 0) is 37.1 Å². The van der Waals surface area contributed by atoms with Crippen molar-refractivity contribution >= 4 is 28.7 Å². The first-order valence-corrected chi connectivity index (χ1v) is 7.23. The molecule has 0 bridgehead atoms. The Hall–Kier alpha value is -1.16. The SMILES string of the molecule is Cc1cccc2c1nc(N)n2C1CCCSC1. The van der Waals surface area contributed by atoms with Gasteiger partial charge in [0, 0.05) is 11.8 Å². The third-order valence-corrected chi connectivity index (χ3v) is 4.65. The molecule has 17 heavy (non-hydrogen) atoms. The van der Waals surface area contributed by atoms with Crippen LogP contribution in [-0.2, 0) is 0 Å². The Kier molecular flexibility index (Phi) is 2.74. The number of aromatic nitrogens is 2. The number of hydrogen-bond acceptors (Lipinski definition) is 3. The maximum absolute atomic E-state index is 6.10. The molecule has 1 atom stereocenters. The molecule has 3 rings (SSSR count). The van der Waals surface area contributed by atoms with E-state index >= 15 is 0 Å². The number of anilines is 1. The van der Waals surface area contributed by atoms with Crippen molar-refractivity contribution in [2.24, 2.45) is 0 Å². The minimum absolute atomic E-state index is 0.514. The molecule has 3 nitrogen and oxygen atoms in total. The molecule has 1 aromatic carbocycles. The zero-order valence-corrected chi connectivity index (χ0v) is 10.8. The van der Waals surface area contributed by atoms with Crippen molar-refractivity contribution in [3.63, 3.8) is 0 Å². The van der Waals surface area contributed by atoms with Gasteiger partial charge in [0.25, 0.3) is 0 Å². The topological polar surface area (TPSA) is 43.8 Å². The molecule has 90 valence electrons. The van der Waals surface area contributed by atoms with E-state index in [4.69, 9.17) is 5.73 Å². The Morgan fingerprint density at radius 1 is 1.47 bits per heavy atom. The summed E-state index contributed by atoms with van der Waals surface area (Å²) in [6.45, 7) is 2.09. The number of para-hydroxylation sites is 1. The lowest BCUT2D eigenvalue weighted by Crippen LogP contribution is -2.17. The summed E-state index contributed by atoms with van der Waals surface area (Å²) in [6.07, 6.45) is 2.50. The van der Waals surface area contributed by atoms with Crippen LogP contribution in [0, 0.1) is 6.92 Å². The van der Waals surface area contributed by atoms with Crippen LogP contribution in [0.15, 0.2) is 18.2 Å². The van der Waals surface area contributed by atoms with E-state index in [9.17, 15) is 0 Å². The van der Waals surface area contributed by atoms with Crippen LogP contribution in [-0.4, -0.2) is 21.1 Å². The van der Waals surface area contributed by atoms with Gasteiger partial charge >= 0.3 is 0 Å². The van der Waals surface area contributed by atoms with Gasteiger partial charge in [-0.1, -0.05) is 12.1 Å². The van der Waals surface area contributed by atoms with Gasteiger partial charge in [-0.15, -0.1) is 0 Å². The Morgan fingerprint density at radius 2 is 2.35 bits per heavy atom. The van der Waals surface area contributed by atoms with E-state index in [1.54, 1.807) is 0 Å². The lowest BCUT2D eigenvalue weighted by atomic mass is 10.1. The number of hydrogen-bond donors (Lipinski definition) is 1. The first-order chi connectivity index (χ1) is 8.27. The van der Waals surface area contributed by atoms with E-state index in [2.05, 4.69) is 34.7 Å². The second kappa shape index (κ2) is 4.26. The molecule has 0 aliphatic carbocycles. The smallest absolute Gasteiger partial charge is 0.201 e. The Balaban J connectivity index is 2.14. The van der Waals surface area contributed by atoms with Gasteiger partial charge in [0.1, 0.15) is 0 Å². The quantitative estimate of drug-likeness (QED) is 0.842. The van der Waals surface area contributed by atoms with Crippen molar-refractivity contribution in [3.05, 3.63) is 23.8 Å². The van der Waals surface area contributed by atoms with E-state index in [-0.39, 0.29) is 0 Å². The van der Waals surface area contributed by atoms with Crippen LogP contribution < -0.4 is 5.73 Å². The highest BCUT2D eigenvalue weighted by Gasteiger charge is 2.20. The second-order valence-electron chi connectivity index (χ2n) is 4.65. The zero-order chi connectivity index (χ0) is 11.8. The predicted octanol–water partition coefficient (Wildman–Crippen LogP) is 3.00. The molecule has 1 saturated heterocycles. The minimum atomic E-state index is 0.514. The minimum Gasteiger partial charge on any atom is -0.369 e. The third-order valence-electron chi connectivity index (χ3n) is 3.45. The number of nitrogens with two attached hydrogens (primary N) is 1. The highest BCUT2D eigenvalue weighted by atomic mass is 32.2. The summed E-state index contributed by atoms with van der Waals surface area (Å²) in [7, 11) is 0. The number of fused-ring (bicyclic) bond motifs is 1. The normalized spacial score (nSPS) is 20.9. The molecule has 0 radical (unpaired) electrons. The number of benzene rings is 1. The molecular formula is C13H17N3S. The molecule has 4 heteroatoms. The molecule has 1 aliphatic heterocycles. The van der Waals surface area contributed by atoms with Crippen LogP contribution in [0.2, 0.25) is 0 Å². The molecule has 0 spiro atoms. The van der Waals surface area contributed by atoms with Crippen molar-refractivity contribution < 1.29 is 0 Å². The number of imidazole rings is 1. The summed E-state index contributed by atoms with van der Waals surface area (Å²) in [4.78, 5) is 4.52. The van der Waals surface area contributed by atoms with E-state index < -0.39 is 0 Å². The number of rotatable bonds is 1. The van der Waals surface area contributed by atoms with Crippen LogP contribution in [0.25, 0.3) is 11.0 Å². The van der Waals surface area contributed by atoms with Crippen molar-refractivity contribution in [2.75, 3.05) is 17.2 Å². The molecule has 1 unspecified atom stereocenters. The molecule has 0 saturated carbocycles. The summed E-state index contributed by atoms with van der Waals surface area (Å²) >= 11 is 2.02. The van der Waals surface area contributed by atoms with Crippen LogP contribution in [0.3, 0.4) is 0 Å². The molecule has 2 aromatic rings. The summed E-state index contributed by atoms with van der Waals surface area (Å²) in [5.41, 5.74) is 9.55. The van der Waals surface area contributed by atoms with Gasteiger partial charge in [0.15, 0.2) is 0 Å². The molecule has 2 heterocycles. The highest BCUT2D eigenvalue weighted by Crippen LogP contribution is 2.32. The van der Waals surface area contributed by atoms with Crippen molar-refractivity contribution in [1.82, 2.24) is 9.55 Å². The van der Waals surface area contributed by atoms with E-state index in [0.29, 0.717) is 12.0 Å². The van der Waals surface area contributed by atoms with Crippen molar-refractivity contribution in [3.8, 4) is 0 Å². The second-order valence-corrected chi connectivity index (χ2v) is 5.80. The summed E-state index contributed by atoms with van der Waals surface area (Å²) in [5.74, 6) is 3.10. The van der Waals surface area contributed by atoms with Gasteiger partial charge in [0.2, 0.25) is 5.95 Å². The van der Waals surface area contributed by atoms with E-state index in [1.807, 2.05) is 11.8 Å². The fourth-order valence-electron chi connectivity index (χ4n) is 2.59. The first-order valence-electron chi connectivity index (χ1n) is 6.08. The predicted molar refractivity (Wildman–Crippen MR) is 74.5 cm³/mol. The highest BCUT2D eigenvalue weighted by molar-refractivity contribution is 7.99. The average Bonchev–Trinajstić information content (AvgIpc) is 2.68. The van der Waals surface area contributed by atoms with Crippen LogP contribution >= 0.6 is 11.8 Å². The lowest BCUT2D eigenvalue weighted by Gasteiger charge is -2.24. The number of thioether (sulfide) groups is 1. The molecule has 1 fully saturated rings. The molecule has 2 N–H and O–H groups in total. The number of aryl methyl sites for hydroxylation is 1. The number of nitrogens with zero attached hydrogens (tertiary/aromatic N) is 2. The average molecular weight is 247 g/mol. The van der Waals surface area contributed by atoms with E-state index in [0.717, 1.165) is 11.3 Å². The fraction of sp³-hybridized carbons (Fsp3) is 0.462. The third kappa shape index (κ3) is 1.80. The van der Waals surface area contributed by atoms with Crippen LogP contribution in [0.1, 0.15) is 24.4 Å². The largest absolute Gasteiger partial charge is 0.369 e. The molecular weight excluding hydrogens is 230 g/mol. The van der Waals surface area contributed by atoms with Gasteiger partial charge in [0.05, 0.1) is 11.0 Å². The van der Waals surface area contributed by atoms with Gasteiger partial charge in [-0.2, -0.15) is 11.8 Å². The first kappa shape index (κ1) is 11.0. The standard InChI is InChI=1S/C13H17N3S/c1-9-4-2-6-11-12(9)15-13(14)16(11)10-5-3-7-17-8-10/h2,4,6,10H,3,5,7-8H2,1H3,(H2,14,15). The van der Waals surface area contributed by atoms with Gasteiger partial charge in [-0.3, -0.25) is 0 Å². The van der Waals surface area contributed by atoms with E-state index in [1.165, 1.54) is 29.7 Å². The van der Waals surface area contributed by atoms with Gasteiger partial charge < -0.3 is 10.3 Å². The Labute approximate surface area is 105 Å². The summed E-state index contributed by atoms with van der Waals surface area (Å²) < 4.78 is 2.23. The monoisotopic (exact) mass is 247 g/mol. The fourth-order valence-corrected chi connectivity index (χ4v) is 3.71. The molecule has 1 aromatic heterocycles. The zero-order valence-electron chi connectivity index (χ0n) is 10.0. The van der Waals surface area contributed by atoms with Crippen LogP contribution in [0.5, 0.6) is 0 Å². The molecule has 1 aliphatic rings. The van der Waals surface area contributed by atoms with Crippen molar-refractivity contribution in [2.45, 2.75) is 25.8 Å². The van der Waals surface area contributed by atoms with Crippen LogP contribution in [0.4, 0.5) is 5.95 Å².